The van der Waals surface area contributed by atoms with E-state index in [1.54, 1.807) is 11.8 Å². The molecule has 0 aliphatic carbocycles. The van der Waals surface area contributed by atoms with Crippen molar-refractivity contribution < 1.29 is 4.79 Å². The molecule has 1 unspecified atom stereocenters. The summed E-state index contributed by atoms with van der Waals surface area (Å²) in [5.41, 5.74) is 1.30. The van der Waals surface area contributed by atoms with Crippen LogP contribution in [0.15, 0.2) is 29.2 Å². The van der Waals surface area contributed by atoms with Gasteiger partial charge in [-0.05, 0) is 45.4 Å². The predicted octanol–water partition coefficient (Wildman–Crippen LogP) is 2.80. The molecular formula is C17H24N2OS. The molecule has 0 spiro atoms. The van der Waals surface area contributed by atoms with Crippen LogP contribution in [0, 0.1) is 12.3 Å². The van der Waals surface area contributed by atoms with E-state index in [2.05, 4.69) is 49.5 Å². The first kappa shape index (κ1) is 17.6. The van der Waals surface area contributed by atoms with E-state index in [4.69, 9.17) is 6.42 Å². The van der Waals surface area contributed by atoms with Gasteiger partial charge in [0.1, 0.15) is 0 Å². The Balaban J connectivity index is 2.60. The van der Waals surface area contributed by atoms with Crippen LogP contribution in [0.2, 0.25) is 0 Å². The van der Waals surface area contributed by atoms with Gasteiger partial charge >= 0.3 is 0 Å². The number of rotatable bonds is 6. The molecule has 0 saturated carbocycles. The summed E-state index contributed by atoms with van der Waals surface area (Å²) in [5.74, 6) is 2.38. The highest BCUT2D eigenvalue weighted by Crippen LogP contribution is 2.24. The maximum Gasteiger partial charge on any atom is 0.233 e. The number of amides is 1. The van der Waals surface area contributed by atoms with Gasteiger partial charge in [0.25, 0.3) is 0 Å². The van der Waals surface area contributed by atoms with E-state index in [1.807, 2.05) is 19.1 Å². The predicted molar refractivity (Wildman–Crippen MR) is 90.2 cm³/mol. The van der Waals surface area contributed by atoms with Gasteiger partial charge in [-0.3, -0.25) is 4.79 Å². The minimum atomic E-state index is -0.163. The minimum absolute atomic E-state index is 0.0313. The number of thioether (sulfide) groups is 1. The Bertz CT molecular complexity index is 514. The van der Waals surface area contributed by atoms with E-state index < -0.39 is 0 Å². The topological polar surface area (TPSA) is 41.1 Å². The SMILES string of the molecule is C#CCNC(=O)C(C)Sc1cccc(CNC(C)(C)C)c1. The smallest absolute Gasteiger partial charge is 0.233 e. The third-order valence-corrected chi connectivity index (χ3v) is 3.86. The highest BCUT2D eigenvalue weighted by atomic mass is 32.2. The Labute approximate surface area is 132 Å². The van der Waals surface area contributed by atoms with Crippen LogP contribution in [0.1, 0.15) is 33.3 Å². The molecule has 4 heteroatoms. The molecule has 0 fully saturated rings. The summed E-state index contributed by atoms with van der Waals surface area (Å²) in [6.07, 6.45) is 5.14. The normalized spacial score (nSPS) is 12.5. The summed E-state index contributed by atoms with van der Waals surface area (Å²) in [5, 5.41) is 6.00. The van der Waals surface area contributed by atoms with E-state index in [1.165, 1.54) is 5.56 Å². The number of terminal acetylenes is 1. The highest BCUT2D eigenvalue weighted by molar-refractivity contribution is 8.00. The van der Waals surface area contributed by atoms with Gasteiger partial charge in [0.2, 0.25) is 5.91 Å². The Morgan fingerprint density at radius 3 is 2.76 bits per heavy atom. The van der Waals surface area contributed by atoms with Crippen LogP contribution in [-0.2, 0) is 11.3 Å². The molecule has 1 aromatic rings. The van der Waals surface area contributed by atoms with Crippen molar-refractivity contribution in [1.29, 1.82) is 0 Å². The fourth-order valence-electron chi connectivity index (χ4n) is 1.64. The van der Waals surface area contributed by atoms with Gasteiger partial charge in [-0.2, -0.15) is 0 Å². The Hall–Kier alpha value is -1.44. The van der Waals surface area contributed by atoms with Crippen molar-refractivity contribution in [3.05, 3.63) is 29.8 Å². The lowest BCUT2D eigenvalue weighted by Gasteiger charge is -2.20. The average molecular weight is 304 g/mol. The monoisotopic (exact) mass is 304 g/mol. The van der Waals surface area contributed by atoms with Gasteiger partial charge in [-0.1, -0.05) is 18.1 Å². The second-order valence-corrected chi connectivity index (χ2v) is 7.35. The zero-order valence-corrected chi connectivity index (χ0v) is 14.0. The molecular weight excluding hydrogens is 280 g/mol. The first-order chi connectivity index (χ1) is 9.81. The molecule has 0 radical (unpaired) electrons. The molecule has 21 heavy (non-hydrogen) atoms. The quantitative estimate of drug-likeness (QED) is 0.627. The molecule has 0 heterocycles. The fourth-order valence-corrected chi connectivity index (χ4v) is 2.61. The van der Waals surface area contributed by atoms with Crippen LogP contribution in [-0.4, -0.2) is 23.2 Å². The van der Waals surface area contributed by atoms with Crippen LogP contribution in [0.25, 0.3) is 0 Å². The first-order valence-corrected chi connectivity index (χ1v) is 7.91. The van der Waals surface area contributed by atoms with E-state index >= 15 is 0 Å². The standard InChI is InChI=1S/C17H24N2OS/c1-6-10-18-16(20)13(2)21-15-9-7-8-14(11-15)12-19-17(3,4)5/h1,7-9,11,13,19H,10,12H2,2-5H3,(H,18,20). The van der Waals surface area contributed by atoms with Crippen LogP contribution in [0.5, 0.6) is 0 Å². The molecule has 114 valence electrons. The van der Waals surface area contributed by atoms with Crippen molar-refractivity contribution in [2.75, 3.05) is 6.54 Å². The second kappa shape index (κ2) is 8.11. The molecule has 2 N–H and O–H groups in total. The number of carbonyl (C=O) groups is 1. The van der Waals surface area contributed by atoms with Crippen LogP contribution in [0.4, 0.5) is 0 Å². The van der Waals surface area contributed by atoms with Crippen molar-refractivity contribution >= 4 is 17.7 Å². The van der Waals surface area contributed by atoms with Gasteiger partial charge in [-0.25, -0.2) is 0 Å². The number of hydrogen-bond acceptors (Lipinski definition) is 3. The molecule has 1 atom stereocenters. The van der Waals surface area contributed by atoms with Gasteiger partial charge in [0, 0.05) is 17.0 Å². The van der Waals surface area contributed by atoms with E-state index in [0.29, 0.717) is 0 Å². The molecule has 0 saturated heterocycles. The van der Waals surface area contributed by atoms with Crippen molar-refractivity contribution in [2.24, 2.45) is 0 Å². The third kappa shape index (κ3) is 7.22. The number of carbonyl (C=O) groups excluding carboxylic acids is 1. The molecule has 1 rings (SSSR count). The van der Waals surface area contributed by atoms with Crippen LogP contribution in [0.3, 0.4) is 0 Å². The summed E-state index contributed by atoms with van der Waals surface area (Å²) >= 11 is 1.54. The van der Waals surface area contributed by atoms with Crippen molar-refractivity contribution in [3.8, 4) is 12.3 Å². The molecule has 0 aliphatic heterocycles. The average Bonchev–Trinajstić information content (AvgIpc) is 2.42. The van der Waals surface area contributed by atoms with Gasteiger partial charge in [0.15, 0.2) is 0 Å². The van der Waals surface area contributed by atoms with Crippen molar-refractivity contribution in [2.45, 2.75) is 49.9 Å². The third-order valence-electron chi connectivity index (χ3n) is 2.77. The molecule has 0 bridgehead atoms. The Kier molecular flexibility index (Phi) is 6.80. The highest BCUT2D eigenvalue weighted by Gasteiger charge is 2.14. The minimum Gasteiger partial charge on any atom is -0.344 e. The summed E-state index contributed by atoms with van der Waals surface area (Å²) in [6, 6.07) is 8.25. The summed E-state index contributed by atoms with van der Waals surface area (Å²) in [6.45, 7) is 9.40. The molecule has 3 nitrogen and oxygen atoms in total. The molecule has 0 aliphatic rings. The Morgan fingerprint density at radius 1 is 1.43 bits per heavy atom. The van der Waals surface area contributed by atoms with Crippen molar-refractivity contribution in [3.63, 3.8) is 0 Å². The van der Waals surface area contributed by atoms with E-state index in [9.17, 15) is 4.79 Å². The fraction of sp³-hybridized carbons (Fsp3) is 0.471. The molecule has 1 aromatic carbocycles. The summed E-state index contributed by atoms with van der Waals surface area (Å²) in [7, 11) is 0. The van der Waals surface area contributed by atoms with Gasteiger partial charge < -0.3 is 10.6 Å². The van der Waals surface area contributed by atoms with E-state index in [-0.39, 0.29) is 23.2 Å². The Morgan fingerprint density at radius 2 is 2.14 bits per heavy atom. The summed E-state index contributed by atoms with van der Waals surface area (Å²) < 4.78 is 0. The van der Waals surface area contributed by atoms with Crippen LogP contribution >= 0.6 is 11.8 Å². The second-order valence-electron chi connectivity index (χ2n) is 5.93. The number of benzene rings is 1. The van der Waals surface area contributed by atoms with Gasteiger partial charge in [0.05, 0.1) is 11.8 Å². The zero-order valence-electron chi connectivity index (χ0n) is 13.2. The number of nitrogens with one attached hydrogen (secondary N) is 2. The van der Waals surface area contributed by atoms with Gasteiger partial charge in [-0.15, -0.1) is 18.2 Å². The molecule has 1 amide bonds. The lowest BCUT2D eigenvalue weighted by molar-refractivity contribution is -0.120. The summed E-state index contributed by atoms with van der Waals surface area (Å²) in [4.78, 5) is 12.9. The van der Waals surface area contributed by atoms with Crippen molar-refractivity contribution in [1.82, 2.24) is 10.6 Å². The lowest BCUT2D eigenvalue weighted by Crippen LogP contribution is -2.35. The first-order valence-electron chi connectivity index (χ1n) is 7.03. The molecule has 0 aromatic heterocycles. The largest absolute Gasteiger partial charge is 0.344 e. The van der Waals surface area contributed by atoms with E-state index in [0.717, 1.165) is 11.4 Å². The van der Waals surface area contributed by atoms with Crippen LogP contribution < -0.4 is 10.6 Å². The maximum absolute atomic E-state index is 11.8. The lowest BCUT2D eigenvalue weighted by atomic mass is 10.1. The zero-order chi connectivity index (χ0) is 15.9. The maximum atomic E-state index is 11.8. The number of hydrogen-bond donors (Lipinski definition) is 2.